The second kappa shape index (κ2) is 10.1. The molecule has 0 aliphatic carbocycles. The van der Waals surface area contributed by atoms with Crippen LogP contribution in [0.5, 0.6) is 23.0 Å². The predicted molar refractivity (Wildman–Crippen MR) is 117 cm³/mol. The fourth-order valence-corrected chi connectivity index (χ4v) is 2.81. The first-order valence-electron chi connectivity index (χ1n) is 9.45. The average molecular weight is 418 g/mol. The molecule has 0 amide bonds. The molecule has 0 fully saturated rings. The number of ether oxygens (including phenoxy) is 4. The lowest BCUT2D eigenvalue weighted by molar-refractivity contribution is 0.0734. The Balaban J connectivity index is 1.67. The normalized spacial score (nSPS) is 10.5. The van der Waals surface area contributed by atoms with Crippen LogP contribution in [-0.4, -0.2) is 33.1 Å². The van der Waals surface area contributed by atoms with E-state index in [0.717, 1.165) is 5.56 Å². The van der Waals surface area contributed by atoms with E-state index in [1.165, 1.54) is 6.08 Å². The highest BCUT2D eigenvalue weighted by atomic mass is 16.5. The first kappa shape index (κ1) is 21.6. The van der Waals surface area contributed by atoms with Crippen molar-refractivity contribution in [3.05, 3.63) is 89.5 Å². The van der Waals surface area contributed by atoms with Gasteiger partial charge in [-0.3, -0.25) is 4.79 Å². The molecule has 6 nitrogen and oxygen atoms in total. The van der Waals surface area contributed by atoms with Gasteiger partial charge in [0.05, 0.1) is 26.9 Å². The summed E-state index contributed by atoms with van der Waals surface area (Å²) in [6, 6.07) is 18.3. The van der Waals surface area contributed by atoms with Crippen LogP contribution in [0.4, 0.5) is 0 Å². The summed E-state index contributed by atoms with van der Waals surface area (Å²) in [6.07, 6.45) is 3.12. The largest absolute Gasteiger partial charge is 0.497 e. The van der Waals surface area contributed by atoms with Crippen LogP contribution in [0.3, 0.4) is 0 Å². The summed E-state index contributed by atoms with van der Waals surface area (Å²) < 4.78 is 21.0. The van der Waals surface area contributed by atoms with E-state index in [-0.39, 0.29) is 5.78 Å². The van der Waals surface area contributed by atoms with Gasteiger partial charge in [-0.25, -0.2) is 4.79 Å². The van der Waals surface area contributed by atoms with E-state index in [4.69, 9.17) is 18.9 Å². The van der Waals surface area contributed by atoms with Crippen LogP contribution < -0.4 is 18.9 Å². The van der Waals surface area contributed by atoms with Gasteiger partial charge in [-0.05, 0) is 78.9 Å². The smallest absolute Gasteiger partial charge is 0.343 e. The number of carbonyl (C=O) groups excluding carboxylic acids is 2. The SMILES string of the molecule is COc1ccc(C(=O)Oc2ccc(C(=O)/C=C/c3cc(OC)ccc3OC)cc2)cc1. The molecular weight excluding hydrogens is 396 g/mol. The first-order valence-corrected chi connectivity index (χ1v) is 9.45. The standard InChI is InChI=1S/C25H22O6/c1-28-20-9-6-18(7-10-20)25(27)31-21-11-4-17(5-12-21)23(26)14-8-19-16-22(29-2)13-15-24(19)30-3/h4-16H,1-3H3/b14-8+. The second-order valence-corrected chi connectivity index (χ2v) is 6.45. The van der Waals surface area contributed by atoms with Crippen molar-refractivity contribution >= 4 is 17.8 Å². The van der Waals surface area contributed by atoms with Gasteiger partial charge in [0.15, 0.2) is 5.78 Å². The molecule has 0 aliphatic heterocycles. The Morgan fingerprint density at radius 3 is 1.87 bits per heavy atom. The van der Waals surface area contributed by atoms with Gasteiger partial charge in [-0.2, -0.15) is 0 Å². The van der Waals surface area contributed by atoms with Crippen molar-refractivity contribution < 1.29 is 28.5 Å². The van der Waals surface area contributed by atoms with Crippen LogP contribution in [0.25, 0.3) is 6.08 Å². The number of rotatable bonds is 8. The number of hydrogen-bond acceptors (Lipinski definition) is 6. The van der Waals surface area contributed by atoms with E-state index in [2.05, 4.69) is 0 Å². The van der Waals surface area contributed by atoms with E-state index in [1.807, 2.05) is 0 Å². The number of methoxy groups -OCH3 is 3. The highest BCUT2D eigenvalue weighted by Gasteiger charge is 2.10. The van der Waals surface area contributed by atoms with Crippen molar-refractivity contribution in [2.45, 2.75) is 0 Å². The zero-order chi connectivity index (χ0) is 22.2. The molecule has 0 radical (unpaired) electrons. The quantitative estimate of drug-likeness (QED) is 0.226. The Hall–Kier alpha value is -4.06. The Bertz CT molecular complexity index is 1080. The van der Waals surface area contributed by atoms with Crippen molar-refractivity contribution in [1.29, 1.82) is 0 Å². The van der Waals surface area contributed by atoms with Gasteiger partial charge in [-0.1, -0.05) is 0 Å². The lowest BCUT2D eigenvalue weighted by Crippen LogP contribution is -2.08. The number of carbonyl (C=O) groups is 2. The van der Waals surface area contributed by atoms with Gasteiger partial charge >= 0.3 is 5.97 Å². The zero-order valence-electron chi connectivity index (χ0n) is 17.5. The molecule has 3 aromatic carbocycles. The average Bonchev–Trinajstić information content (AvgIpc) is 2.82. The monoisotopic (exact) mass is 418 g/mol. The molecule has 6 heteroatoms. The Morgan fingerprint density at radius 1 is 0.677 bits per heavy atom. The van der Waals surface area contributed by atoms with Crippen LogP contribution in [-0.2, 0) is 0 Å². The van der Waals surface area contributed by atoms with Gasteiger partial charge in [0, 0.05) is 11.1 Å². The topological polar surface area (TPSA) is 71.1 Å². The Labute approximate surface area is 180 Å². The van der Waals surface area contributed by atoms with Crippen LogP contribution in [0, 0.1) is 0 Å². The number of ketones is 1. The molecule has 0 aliphatic rings. The van der Waals surface area contributed by atoms with Crippen LogP contribution in [0.15, 0.2) is 72.8 Å². The molecule has 158 valence electrons. The van der Waals surface area contributed by atoms with Gasteiger partial charge in [-0.15, -0.1) is 0 Å². The molecular formula is C25H22O6. The van der Waals surface area contributed by atoms with Crippen molar-refractivity contribution in [3.8, 4) is 23.0 Å². The molecule has 0 N–H and O–H groups in total. The summed E-state index contributed by atoms with van der Waals surface area (Å²) >= 11 is 0. The zero-order valence-corrected chi connectivity index (χ0v) is 17.5. The summed E-state index contributed by atoms with van der Waals surface area (Å²) in [6.45, 7) is 0. The van der Waals surface area contributed by atoms with Gasteiger partial charge in [0.2, 0.25) is 0 Å². The molecule has 0 atom stereocenters. The fourth-order valence-electron chi connectivity index (χ4n) is 2.81. The number of benzene rings is 3. The summed E-state index contributed by atoms with van der Waals surface area (Å²) in [4.78, 5) is 24.8. The Kier molecular flexibility index (Phi) is 7.06. The Morgan fingerprint density at radius 2 is 1.26 bits per heavy atom. The van der Waals surface area contributed by atoms with E-state index in [1.54, 1.807) is 94.1 Å². The summed E-state index contributed by atoms with van der Waals surface area (Å²) in [5.41, 5.74) is 1.58. The molecule has 0 aromatic heterocycles. The molecule has 0 saturated heterocycles. The molecule has 0 bridgehead atoms. The highest BCUT2D eigenvalue weighted by molar-refractivity contribution is 6.07. The number of esters is 1. The van der Waals surface area contributed by atoms with E-state index in [0.29, 0.717) is 34.1 Å². The molecule has 0 saturated carbocycles. The molecule has 3 aromatic rings. The summed E-state index contributed by atoms with van der Waals surface area (Å²) in [5, 5.41) is 0. The third-order valence-electron chi connectivity index (χ3n) is 4.53. The van der Waals surface area contributed by atoms with Gasteiger partial charge in [0.1, 0.15) is 23.0 Å². The molecule has 3 rings (SSSR count). The number of hydrogen-bond donors (Lipinski definition) is 0. The van der Waals surface area contributed by atoms with Crippen molar-refractivity contribution in [1.82, 2.24) is 0 Å². The molecule has 0 heterocycles. The molecule has 0 spiro atoms. The second-order valence-electron chi connectivity index (χ2n) is 6.45. The minimum atomic E-state index is -0.494. The van der Waals surface area contributed by atoms with Crippen molar-refractivity contribution in [3.63, 3.8) is 0 Å². The van der Waals surface area contributed by atoms with Crippen molar-refractivity contribution in [2.75, 3.05) is 21.3 Å². The molecule has 0 unspecified atom stereocenters. The molecule has 31 heavy (non-hydrogen) atoms. The third-order valence-corrected chi connectivity index (χ3v) is 4.53. The van der Waals surface area contributed by atoms with Gasteiger partial charge in [0.25, 0.3) is 0 Å². The number of allylic oxidation sites excluding steroid dienone is 1. The summed E-state index contributed by atoms with van der Waals surface area (Å²) in [7, 11) is 4.69. The minimum Gasteiger partial charge on any atom is -0.497 e. The third kappa shape index (κ3) is 5.51. The van der Waals surface area contributed by atoms with E-state index < -0.39 is 5.97 Å². The maximum atomic E-state index is 12.5. The first-order chi connectivity index (χ1) is 15.0. The minimum absolute atomic E-state index is 0.196. The van der Waals surface area contributed by atoms with E-state index in [9.17, 15) is 9.59 Å². The highest BCUT2D eigenvalue weighted by Crippen LogP contribution is 2.25. The van der Waals surface area contributed by atoms with Crippen molar-refractivity contribution in [2.24, 2.45) is 0 Å². The maximum absolute atomic E-state index is 12.5. The predicted octanol–water partition coefficient (Wildman–Crippen LogP) is 4.83. The van der Waals surface area contributed by atoms with E-state index >= 15 is 0 Å². The lowest BCUT2D eigenvalue weighted by atomic mass is 10.1. The van der Waals surface area contributed by atoms with Crippen LogP contribution in [0.1, 0.15) is 26.3 Å². The maximum Gasteiger partial charge on any atom is 0.343 e. The lowest BCUT2D eigenvalue weighted by Gasteiger charge is -2.07. The van der Waals surface area contributed by atoms with Gasteiger partial charge < -0.3 is 18.9 Å². The fraction of sp³-hybridized carbons (Fsp3) is 0.120. The van der Waals surface area contributed by atoms with Crippen LogP contribution in [0.2, 0.25) is 0 Å². The summed E-state index contributed by atoms with van der Waals surface area (Å²) in [5.74, 6) is 1.60. The van der Waals surface area contributed by atoms with Crippen LogP contribution >= 0.6 is 0 Å².